The molecular weight excluding hydrogens is 290 g/mol. The predicted octanol–water partition coefficient (Wildman–Crippen LogP) is 2.23. The van der Waals surface area contributed by atoms with Crippen molar-refractivity contribution in [3.63, 3.8) is 0 Å². The minimum Gasteiger partial charge on any atom is -0.393 e. The molecule has 1 aromatic rings. The maximum absolute atomic E-state index is 12.9. The zero-order valence-corrected chi connectivity index (χ0v) is 14.1. The molecule has 126 valence electrons. The number of hydrogen-bond acceptors (Lipinski definition) is 3. The van der Waals surface area contributed by atoms with Gasteiger partial charge in [0.1, 0.15) is 0 Å². The van der Waals surface area contributed by atoms with E-state index in [0.717, 1.165) is 24.9 Å². The molecule has 0 unspecified atom stereocenters. The number of aliphatic hydroxyl groups excluding tert-OH is 1. The Kier molecular flexibility index (Phi) is 5.02. The fourth-order valence-corrected chi connectivity index (χ4v) is 4.04. The van der Waals surface area contributed by atoms with Crippen LogP contribution in [0, 0.1) is 19.8 Å². The Morgan fingerprint density at radius 2 is 2.04 bits per heavy atom. The Morgan fingerprint density at radius 1 is 1.30 bits per heavy atom. The van der Waals surface area contributed by atoms with E-state index in [9.17, 15) is 9.90 Å². The van der Waals surface area contributed by atoms with E-state index < -0.39 is 0 Å². The Balaban J connectivity index is 1.73. The summed E-state index contributed by atoms with van der Waals surface area (Å²) in [7, 11) is 0. The molecule has 1 amide bonds. The second kappa shape index (κ2) is 7.02. The van der Waals surface area contributed by atoms with Crippen molar-refractivity contribution in [2.75, 3.05) is 19.8 Å². The van der Waals surface area contributed by atoms with Gasteiger partial charge in [0, 0.05) is 25.1 Å². The van der Waals surface area contributed by atoms with Gasteiger partial charge in [0.05, 0.1) is 19.1 Å². The normalized spacial score (nSPS) is 28.1. The highest BCUT2D eigenvalue weighted by molar-refractivity contribution is 5.80. The third-order valence-corrected chi connectivity index (χ3v) is 5.45. The van der Waals surface area contributed by atoms with Crippen LogP contribution < -0.4 is 0 Å². The molecule has 1 aromatic carbocycles. The molecule has 3 atom stereocenters. The summed E-state index contributed by atoms with van der Waals surface area (Å²) in [5.41, 5.74) is 3.49. The van der Waals surface area contributed by atoms with Crippen LogP contribution in [0.1, 0.15) is 36.0 Å². The zero-order chi connectivity index (χ0) is 16.4. The van der Waals surface area contributed by atoms with Gasteiger partial charge in [0.25, 0.3) is 0 Å². The number of likely N-dealkylation sites (tertiary alicyclic amines) is 1. The first kappa shape index (κ1) is 16.5. The van der Waals surface area contributed by atoms with Gasteiger partial charge in [-0.15, -0.1) is 0 Å². The lowest BCUT2D eigenvalue weighted by molar-refractivity contribution is -0.135. The van der Waals surface area contributed by atoms with E-state index in [1.807, 2.05) is 11.0 Å². The monoisotopic (exact) mass is 317 g/mol. The number of rotatable bonds is 3. The van der Waals surface area contributed by atoms with Gasteiger partial charge < -0.3 is 14.7 Å². The van der Waals surface area contributed by atoms with Gasteiger partial charge in [0.2, 0.25) is 5.91 Å². The van der Waals surface area contributed by atoms with Crippen molar-refractivity contribution in [3.05, 3.63) is 34.9 Å². The molecule has 2 aliphatic rings. The quantitative estimate of drug-likeness (QED) is 0.930. The third-order valence-electron chi connectivity index (χ3n) is 5.45. The lowest BCUT2D eigenvalue weighted by atomic mass is 9.89. The molecule has 4 nitrogen and oxygen atoms in total. The topological polar surface area (TPSA) is 49.8 Å². The maximum Gasteiger partial charge on any atom is 0.227 e. The Labute approximate surface area is 138 Å². The molecule has 2 aliphatic heterocycles. The summed E-state index contributed by atoms with van der Waals surface area (Å²) < 4.78 is 5.55. The van der Waals surface area contributed by atoms with E-state index in [4.69, 9.17) is 4.74 Å². The largest absolute Gasteiger partial charge is 0.393 e. The van der Waals surface area contributed by atoms with Crippen LogP contribution in [0.5, 0.6) is 0 Å². The summed E-state index contributed by atoms with van der Waals surface area (Å²) in [4.78, 5) is 14.9. The first-order valence-electron chi connectivity index (χ1n) is 8.68. The molecule has 0 aliphatic carbocycles. The fraction of sp³-hybridized carbons (Fsp3) is 0.632. The molecule has 0 saturated carbocycles. The van der Waals surface area contributed by atoms with Crippen LogP contribution >= 0.6 is 0 Å². The summed E-state index contributed by atoms with van der Waals surface area (Å²) in [6, 6.07) is 6.29. The van der Waals surface area contributed by atoms with Crippen LogP contribution in [0.15, 0.2) is 18.2 Å². The van der Waals surface area contributed by atoms with Crippen molar-refractivity contribution in [3.8, 4) is 0 Å². The van der Waals surface area contributed by atoms with Crippen molar-refractivity contribution in [1.29, 1.82) is 0 Å². The first-order valence-corrected chi connectivity index (χ1v) is 8.68. The van der Waals surface area contributed by atoms with Gasteiger partial charge in [-0.3, -0.25) is 4.79 Å². The molecule has 0 spiro atoms. The molecule has 0 aromatic heterocycles. The minimum absolute atomic E-state index is 0.0631. The van der Waals surface area contributed by atoms with Crippen molar-refractivity contribution in [1.82, 2.24) is 4.90 Å². The van der Waals surface area contributed by atoms with Crippen LogP contribution in [-0.2, 0) is 16.0 Å². The molecule has 0 bridgehead atoms. The first-order chi connectivity index (χ1) is 11.1. The van der Waals surface area contributed by atoms with Gasteiger partial charge in [0.15, 0.2) is 0 Å². The average molecular weight is 317 g/mol. The van der Waals surface area contributed by atoms with Crippen LogP contribution in [0.25, 0.3) is 0 Å². The number of benzene rings is 1. The number of amides is 1. The summed E-state index contributed by atoms with van der Waals surface area (Å²) in [6.07, 6.45) is 2.79. The maximum atomic E-state index is 12.9. The molecule has 1 N–H and O–H groups in total. The van der Waals surface area contributed by atoms with Gasteiger partial charge >= 0.3 is 0 Å². The highest BCUT2D eigenvalue weighted by atomic mass is 16.5. The third kappa shape index (κ3) is 3.43. The number of hydrogen-bond donors (Lipinski definition) is 1. The van der Waals surface area contributed by atoms with Gasteiger partial charge in [-0.05, 0) is 49.8 Å². The Bertz CT molecular complexity index is 551. The lowest BCUT2D eigenvalue weighted by Gasteiger charge is -2.37. The van der Waals surface area contributed by atoms with Gasteiger partial charge in [-0.1, -0.05) is 18.2 Å². The number of ether oxygens (including phenoxy) is 1. The van der Waals surface area contributed by atoms with E-state index in [0.29, 0.717) is 26.1 Å². The Morgan fingerprint density at radius 3 is 2.74 bits per heavy atom. The van der Waals surface area contributed by atoms with E-state index in [1.54, 1.807) is 0 Å². The van der Waals surface area contributed by atoms with Crippen LogP contribution in [0.3, 0.4) is 0 Å². The number of nitrogens with zero attached hydrogens (tertiary/aromatic N) is 1. The molecule has 23 heavy (non-hydrogen) atoms. The van der Waals surface area contributed by atoms with Crippen molar-refractivity contribution < 1.29 is 14.6 Å². The fourth-order valence-electron chi connectivity index (χ4n) is 4.04. The molecule has 2 fully saturated rings. The van der Waals surface area contributed by atoms with Crippen molar-refractivity contribution >= 4 is 5.91 Å². The molecule has 3 rings (SSSR count). The average Bonchev–Trinajstić information content (AvgIpc) is 3.01. The van der Waals surface area contributed by atoms with Crippen LogP contribution in [0.2, 0.25) is 0 Å². The van der Waals surface area contributed by atoms with Gasteiger partial charge in [-0.2, -0.15) is 0 Å². The smallest absolute Gasteiger partial charge is 0.227 e. The number of carbonyl (C=O) groups is 1. The van der Waals surface area contributed by atoms with Gasteiger partial charge in [-0.25, -0.2) is 0 Å². The van der Waals surface area contributed by atoms with Crippen LogP contribution in [0.4, 0.5) is 0 Å². The molecular formula is C19H27NO3. The molecule has 2 saturated heterocycles. The predicted molar refractivity (Wildman–Crippen MR) is 89.3 cm³/mol. The second-order valence-electron chi connectivity index (χ2n) is 6.94. The highest BCUT2D eigenvalue weighted by Gasteiger charge is 2.39. The number of aliphatic hydroxyl groups is 1. The minimum atomic E-state index is -0.345. The standard InChI is InChI=1S/C19H27NO3/c1-13-5-3-6-14(2)15(13)11-19(22)20-9-4-7-17(20)16-12-23-10-8-18(16)21/h3,5-6,16-18,21H,4,7-12H2,1-2H3/t16-,17+,18+/m0/s1. The van der Waals surface area contributed by atoms with E-state index >= 15 is 0 Å². The highest BCUT2D eigenvalue weighted by Crippen LogP contribution is 2.30. The summed E-state index contributed by atoms with van der Waals surface area (Å²) in [5.74, 6) is 0.246. The molecule has 0 radical (unpaired) electrons. The van der Waals surface area contributed by atoms with Crippen molar-refractivity contribution in [2.45, 2.75) is 51.7 Å². The summed E-state index contributed by atoms with van der Waals surface area (Å²) in [5, 5.41) is 10.3. The van der Waals surface area contributed by atoms with E-state index in [-0.39, 0.29) is 24.0 Å². The SMILES string of the molecule is Cc1cccc(C)c1CC(=O)N1CCC[C@@H]1[C@@H]1COCC[C@H]1O. The van der Waals surface area contributed by atoms with E-state index in [2.05, 4.69) is 26.0 Å². The summed E-state index contributed by atoms with van der Waals surface area (Å²) >= 11 is 0. The number of aryl methyl sites for hydroxylation is 2. The van der Waals surface area contributed by atoms with Crippen LogP contribution in [-0.4, -0.2) is 47.8 Å². The lowest BCUT2D eigenvalue weighted by Crippen LogP contribution is -2.48. The second-order valence-corrected chi connectivity index (χ2v) is 6.94. The number of carbonyl (C=O) groups excluding carboxylic acids is 1. The summed E-state index contributed by atoms with van der Waals surface area (Å²) in [6.45, 7) is 6.13. The zero-order valence-electron chi connectivity index (χ0n) is 14.1. The van der Waals surface area contributed by atoms with E-state index in [1.165, 1.54) is 11.1 Å². The van der Waals surface area contributed by atoms with Crippen molar-refractivity contribution in [2.24, 2.45) is 5.92 Å². The molecule has 4 heteroatoms. The molecule has 2 heterocycles. The Hall–Kier alpha value is -1.39.